The summed E-state index contributed by atoms with van der Waals surface area (Å²) in [5, 5.41) is 2.68. The Bertz CT molecular complexity index is 983. The highest BCUT2D eigenvalue weighted by Crippen LogP contribution is 2.45. The second kappa shape index (κ2) is 9.27. The van der Waals surface area contributed by atoms with Gasteiger partial charge in [0.2, 0.25) is 5.91 Å². The molecule has 2 heterocycles. The maximum atomic E-state index is 14.2. The van der Waals surface area contributed by atoms with Crippen LogP contribution < -0.4 is 10.1 Å². The molecule has 0 unspecified atom stereocenters. The molecule has 2 fully saturated rings. The van der Waals surface area contributed by atoms with Gasteiger partial charge in [0.1, 0.15) is 11.6 Å². The van der Waals surface area contributed by atoms with E-state index in [9.17, 15) is 9.59 Å². The fraction of sp³-hybridized carbons (Fsp3) is 0.520. The first-order valence-corrected chi connectivity index (χ1v) is 11.5. The molecule has 2 amide bonds. The van der Waals surface area contributed by atoms with Gasteiger partial charge in [0, 0.05) is 19.8 Å². The van der Waals surface area contributed by atoms with Crippen molar-refractivity contribution in [3.8, 4) is 5.75 Å². The second-order valence-electron chi connectivity index (χ2n) is 8.82. The van der Waals surface area contributed by atoms with E-state index < -0.39 is 5.41 Å². The predicted molar refractivity (Wildman–Crippen MR) is 122 cm³/mol. The molecule has 1 aromatic heterocycles. The lowest BCUT2D eigenvalue weighted by Crippen LogP contribution is -2.48. The van der Waals surface area contributed by atoms with Gasteiger partial charge in [-0.2, -0.15) is 0 Å². The molecule has 1 saturated carbocycles. The Morgan fingerprint density at radius 2 is 1.84 bits per heavy atom. The number of aromatic nitrogens is 2. The van der Waals surface area contributed by atoms with Gasteiger partial charge in [-0.15, -0.1) is 0 Å². The first kappa shape index (κ1) is 22.2. The van der Waals surface area contributed by atoms with E-state index in [2.05, 4.69) is 15.3 Å². The summed E-state index contributed by atoms with van der Waals surface area (Å²) in [4.78, 5) is 37.6. The maximum absolute atomic E-state index is 14.2. The van der Waals surface area contributed by atoms with Gasteiger partial charge < -0.3 is 15.0 Å². The molecule has 0 spiro atoms. The highest BCUT2D eigenvalue weighted by atomic mass is 16.5. The number of likely N-dealkylation sites (tertiary alicyclic amines) is 1. The third-order valence-electron chi connectivity index (χ3n) is 7.00. The molecule has 7 nitrogen and oxygen atoms in total. The number of nitrogens with zero attached hydrogens (tertiary/aromatic N) is 3. The number of ether oxygens (including phenoxy) is 1. The van der Waals surface area contributed by atoms with Crippen molar-refractivity contribution < 1.29 is 14.3 Å². The zero-order valence-electron chi connectivity index (χ0n) is 19.2. The second-order valence-corrected chi connectivity index (χ2v) is 8.82. The lowest BCUT2D eigenvalue weighted by atomic mass is 9.68. The summed E-state index contributed by atoms with van der Waals surface area (Å²) in [5.74, 6) is 1.33. The highest BCUT2D eigenvalue weighted by molar-refractivity contribution is 5.95. The molecule has 1 N–H and O–H groups in total. The van der Waals surface area contributed by atoms with Crippen molar-refractivity contribution in [2.75, 3.05) is 20.7 Å². The molecule has 1 aromatic carbocycles. The number of benzene rings is 1. The van der Waals surface area contributed by atoms with Crippen LogP contribution in [0.2, 0.25) is 0 Å². The Morgan fingerprint density at radius 1 is 1.12 bits per heavy atom. The highest BCUT2D eigenvalue weighted by Gasteiger charge is 2.47. The van der Waals surface area contributed by atoms with Crippen molar-refractivity contribution >= 4 is 11.8 Å². The lowest BCUT2D eigenvalue weighted by Gasteiger charge is -2.41. The minimum Gasteiger partial charge on any atom is -0.497 e. The summed E-state index contributed by atoms with van der Waals surface area (Å²) in [6.45, 7) is 2.50. The summed E-state index contributed by atoms with van der Waals surface area (Å²) < 4.78 is 5.33. The summed E-state index contributed by atoms with van der Waals surface area (Å²) in [6, 6.07) is 7.75. The van der Waals surface area contributed by atoms with Crippen molar-refractivity contribution in [3.63, 3.8) is 0 Å². The van der Waals surface area contributed by atoms with Crippen LogP contribution in [-0.4, -0.2) is 47.4 Å². The number of carbonyl (C=O) groups excluding carboxylic acids is 2. The number of amides is 2. The Kier molecular flexibility index (Phi) is 6.44. The molecule has 0 bridgehead atoms. The number of carbonyl (C=O) groups is 2. The Balaban J connectivity index is 1.73. The fourth-order valence-electron chi connectivity index (χ4n) is 5.31. The van der Waals surface area contributed by atoms with Gasteiger partial charge in [0.15, 0.2) is 0 Å². The first-order valence-electron chi connectivity index (χ1n) is 11.5. The predicted octanol–water partition coefficient (Wildman–Crippen LogP) is 3.72. The molecular formula is C25H32N4O3. The van der Waals surface area contributed by atoms with Crippen molar-refractivity contribution in [3.05, 3.63) is 53.1 Å². The van der Waals surface area contributed by atoms with Crippen molar-refractivity contribution in [1.82, 2.24) is 20.2 Å². The largest absolute Gasteiger partial charge is 0.497 e. The summed E-state index contributed by atoms with van der Waals surface area (Å²) >= 11 is 0. The number of methoxy groups -OCH3 is 1. The Hall–Kier alpha value is -2.96. The number of nitrogens with one attached hydrogen (secondary N) is 1. The SMILES string of the molecule is CNC(=O)c1cnc(C)nc1[C@@H]1CCCN1C(=O)C1(c2ccc(OC)cc2)CCCCC1. The van der Waals surface area contributed by atoms with Gasteiger partial charge >= 0.3 is 0 Å². The van der Waals surface area contributed by atoms with Gasteiger partial charge in [0.25, 0.3) is 5.91 Å². The van der Waals surface area contributed by atoms with E-state index in [1.807, 2.05) is 36.1 Å². The van der Waals surface area contributed by atoms with Crippen LogP contribution in [0, 0.1) is 6.92 Å². The van der Waals surface area contributed by atoms with Crippen LogP contribution in [0.25, 0.3) is 0 Å². The average Bonchev–Trinajstić information content (AvgIpc) is 3.33. The van der Waals surface area contributed by atoms with Crippen molar-refractivity contribution in [1.29, 1.82) is 0 Å². The smallest absolute Gasteiger partial charge is 0.254 e. The van der Waals surface area contributed by atoms with Crippen LogP contribution in [0.15, 0.2) is 30.5 Å². The molecule has 1 saturated heterocycles. The summed E-state index contributed by atoms with van der Waals surface area (Å²) in [6.07, 6.45) is 8.17. The fourth-order valence-corrected chi connectivity index (χ4v) is 5.31. The molecule has 0 radical (unpaired) electrons. The topological polar surface area (TPSA) is 84.4 Å². The molecule has 2 aromatic rings. The molecule has 1 aliphatic heterocycles. The first-order chi connectivity index (χ1) is 15.5. The van der Waals surface area contributed by atoms with Crippen LogP contribution >= 0.6 is 0 Å². The molecule has 2 aliphatic rings. The van der Waals surface area contributed by atoms with E-state index >= 15 is 0 Å². The minimum absolute atomic E-state index is 0.156. The third kappa shape index (κ3) is 3.96. The van der Waals surface area contributed by atoms with Gasteiger partial charge in [-0.1, -0.05) is 31.4 Å². The van der Waals surface area contributed by atoms with E-state index in [-0.39, 0.29) is 17.9 Å². The number of hydrogen-bond donors (Lipinski definition) is 1. The third-order valence-corrected chi connectivity index (χ3v) is 7.00. The molecule has 4 rings (SSSR count). The van der Waals surface area contributed by atoms with Crippen molar-refractivity contribution in [2.45, 2.75) is 63.3 Å². The molecule has 1 atom stereocenters. The zero-order chi connectivity index (χ0) is 22.7. The van der Waals surface area contributed by atoms with Crippen LogP contribution in [0.5, 0.6) is 5.75 Å². The molecular weight excluding hydrogens is 404 g/mol. The normalized spacial score (nSPS) is 20.1. The van der Waals surface area contributed by atoms with Crippen molar-refractivity contribution in [2.24, 2.45) is 0 Å². The van der Waals surface area contributed by atoms with Gasteiger partial charge in [0.05, 0.1) is 29.8 Å². The summed E-state index contributed by atoms with van der Waals surface area (Å²) in [5.41, 5.74) is 1.62. The van der Waals surface area contributed by atoms with E-state index in [0.29, 0.717) is 23.6 Å². The van der Waals surface area contributed by atoms with Gasteiger partial charge in [-0.25, -0.2) is 9.97 Å². The Morgan fingerprint density at radius 3 is 2.50 bits per heavy atom. The summed E-state index contributed by atoms with van der Waals surface area (Å²) in [7, 11) is 3.25. The van der Waals surface area contributed by atoms with E-state index in [1.165, 1.54) is 0 Å². The van der Waals surface area contributed by atoms with Crippen LogP contribution in [0.3, 0.4) is 0 Å². The monoisotopic (exact) mass is 436 g/mol. The zero-order valence-corrected chi connectivity index (χ0v) is 19.2. The molecule has 32 heavy (non-hydrogen) atoms. The average molecular weight is 437 g/mol. The molecule has 1 aliphatic carbocycles. The van der Waals surface area contributed by atoms with E-state index in [0.717, 1.165) is 56.3 Å². The van der Waals surface area contributed by atoms with E-state index in [4.69, 9.17) is 4.74 Å². The molecule has 170 valence electrons. The van der Waals surface area contributed by atoms with Gasteiger partial charge in [-0.3, -0.25) is 9.59 Å². The Labute approximate surface area is 189 Å². The van der Waals surface area contributed by atoms with Crippen LogP contribution in [-0.2, 0) is 10.2 Å². The van der Waals surface area contributed by atoms with Gasteiger partial charge in [-0.05, 0) is 50.3 Å². The quantitative estimate of drug-likeness (QED) is 0.772. The van der Waals surface area contributed by atoms with Crippen LogP contribution in [0.4, 0.5) is 0 Å². The van der Waals surface area contributed by atoms with E-state index in [1.54, 1.807) is 20.4 Å². The number of rotatable bonds is 5. The number of hydrogen-bond acceptors (Lipinski definition) is 5. The standard InChI is InChI=1S/C25H32N4O3/c1-17-27-16-20(23(30)26-2)22(28-17)21-8-7-15-29(21)24(31)25(13-5-4-6-14-25)18-9-11-19(32-3)12-10-18/h9-12,16,21H,4-8,13-15H2,1-3H3,(H,26,30)/t21-/m0/s1. The maximum Gasteiger partial charge on any atom is 0.254 e. The minimum atomic E-state index is -0.539. The number of aryl methyl sites for hydroxylation is 1. The lowest BCUT2D eigenvalue weighted by molar-refractivity contribution is -0.140. The van der Waals surface area contributed by atoms with Crippen LogP contribution in [0.1, 0.15) is 78.4 Å². The molecule has 7 heteroatoms.